The second kappa shape index (κ2) is 14.5. The lowest BCUT2D eigenvalue weighted by Gasteiger charge is -2.37. The molecule has 0 atom stereocenters. The van der Waals surface area contributed by atoms with Gasteiger partial charge in [-0.15, -0.1) is 0 Å². The van der Waals surface area contributed by atoms with E-state index >= 15 is 0 Å². The number of rotatable bonds is 13. The molecule has 8 nitrogen and oxygen atoms in total. The molecule has 0 fully saturated rings. The monoisotopic (exact) mass is 685 g/mol. The summed E-state index contributed by atoms with van der Waals surface area (Å²) < 4.78 is 20.7. The lowest BCUT2D eigenvalue weighted by Crippen LogP contribution is -2.41. The quantitative estimate of drug-likeness (QED) is 0.0959. The number of nitrogens with zero attached hydrogens (tertiary/aromatic N) is 4. The Labute approximate surface area is 296 Å². The van der Waals surface area contributed by atoms with Gasteiger partial charge in [-0.1, -0.05) is 124 Å². The zero-order valence-corrected chi connectivity index (χ0v) is 31.1. The summed E-state index contributed by atoms with van der Waals surface area (Å²) in [6.07, 6.45) is 0. The van der Waals surface area contributed by atoms with Crippen LogP contribution in [0.2, 0.25) is 18.1 Å². The van der Waals surface area contributed by atoms with Crippen molar-refractivity contribution < 1.29 is 13.9 Å². The number of methoxy groups -OCH3 is 1. The molecule has 0 spiro atoms. The van der Waals surface area contributed by atoms with E-state index in [0.29, 0.717) is 42.8 Å². The Hall–Kier alpha value is -4.99. The normalized spacial score (nSPS) is 12.2. The maximum absolute atomic E-state index is 6.60. The summed E-state index contributed by atoms with van der Waals surface area (Å²) in [7, 11) is -0.281. The molecule has 6 rings (SSSR count). The van der Waals surface area contributed by atoms with Gasteiger partial charge in [0.05, 0.1) is 13.7 Å². The van der Waals surface area contributed by atoms with Gasteiger partial charge in [-0.05, 0) is 59.4 Å². The molecule has 6 aromatic rings. The SMILES string of the molecule is COc1ccc(C(Nc2nc(OCc3ccccc3)c3nc(C)n(CCO[Si](C)(C)C(C)(C)C)c3n2)(c2ccccc2)c2ccccc2)cc1. The van der Waals surface area contributed by atoms with Gasteiger partial charge >= 0.3 is 0 Å². The molecule has 0 saturated carbocycles. The number of hydrogen-bond acceptors (Lipinski definition) is 7. The van der Waals surface area contributed by atoms with Gasteiger partial charge in [0.1, 0.15) is 23.7 Å². The van der Waals surface area contributed by atoms with Crippen LogP contribution in [0.5, 0.6) is 11.6 Å². The number of aromatic nitrogens is 4. The lowest BCUT2D eigenvalue weighted by atomic mass is 9.77. The van der Waals surface area contributed by atoms with Gasteiger partial charge in [0.2, 0.25) is 11.8 Å². The van der Waals surface area contributed by atoms with Gasteiger partial charge in [-0.3, -0.25) is 0 Å². The van der Waals surface area contributed by atoms with Gasteiger partial charge in [0, 0.05) is 6.54 Å². The number of imidazole rings is 1. The molecule has 0 amide bonds. The third-order valence-electron chi connectivity index (χ3n) is 9.79. The van der Waals surface area contributed by atoms with Crippen molar-refractivity contribution in [2.75, 3.05) is 19.0 Å². The highest BCUT2D eigenvalue weighted by atomic mass is 28.4. The van der Waals surface area contributed by atoms with E-state index in [9.17, 15) is 0 Å². The maximum atomic E-state index is 6.60. The molecule has 0 radical (unpaired) electrons. The van der Waals surface area contributed by atoms with Crippen LogP contribution < -0.4 is 14.8 Å². The first-order valence-electron chi connectivity index (χ1n) is 17.1. The average Bonchev–Trinajstić information content (AvgIpc) is 3.44. The molecule has 0 aliphatic carbocycles. The third kappa shape index (κ3) is 7.15. The predicted molar refractivity (Wildman–Crippen MR) is 203 cm³/mol. The highest BCUT2D eigenvalue weighted by Crippen LogP contribution is 2.41. The minimum absolute atomic E-state index is 0.108. The summed E-state index contributed by atoms with van der Waals surface area (Å²) in [5.74, 6) is 2.42. The molecular weight excluding hydrogens is 639 g/mol. The van der Waals surface area contributed by atoms with Crippen LogP contribution in [0.3, 0.4) is 0 Å². The summed E-state index contributed by atoms with van der Waals surface area (Å²) in [6.45, 7) is 14.8. The second-order valence-corrected chi connectivity index (χ2v) is 18.9. The van der Waals surface area contributed by atoms with E-state index in [1.165, 1.54) is 0 Å². The zero-order chi connectivity index (χ0) is 35.4. The van der Waals surface area contributed by atoms with Crippen molar-refractivity contribution in [2.24, 2.45) is 0 Å². The molecule has 2 heterocycles. The van der Waals surface area contributed by atoms with Crippen LogP contribution in [0.15, 0.2) is 115 Å². The molecular formula is C41H47N5O3Si. The maximum Gasteiger partial charge on any atom is 0.247 e. The number of anilines is 1. The summed E-state index contributed by atoms with van der Waals surface area (Å²) in [5, 5.41) is 3.95. The van der Waals surface area contributed by atoms with Gasteiger partial charge in [0.15, 0.2) is 19.5 Å². The topological polar surface area (TPSA) is 83.3 Å². The zero-order valence-electron chi connectivity index (χ0n) is 30.1. The molecule has 1 N–H and O–H groups in total. The number of nitrogens with one attached hydrogen (secondary N) is 1. The fourth-order valence-electron chi connectivity index (χ4n) is 5.94. The van der Waals surface area contributed by atoms with Crippen molar-refractivity contribution in [3.8, 4) is 11.6 Å². The molecule has 2 aromatic heterocycles. The Bertz CT molecular complexity index is 1970. The molecule has 9 heteroatoms. The molecule has 0 aliphatic rings. The largest absolute Gasteiger partial charge is 0.497 e. The highest BCUT2D eigenvalue weighted by Gasteiger charge is 2.39. The molecule has 50 heavy (non-hydrogen) atoms. The molecule has 0 unspecified atom stereocenters. The van der Waals surface area contributed by atoms with Crippen LogP contribution in [0.4, 0.5) is 5.95 Å². The Balaban J connectivity index is 1.50. The fraction of sp³-hybridized carbons (Fsp3) is 0.293. The van der Waals surface area contributed by atoms with Crippen molar-refractivity contribution in [1.82, 2.24) is 19.5 Å². The standard InChI is InChI=1S/C41H47N5O3Si/c1-30-42-36-37(46(30)27-28-49-50(6,7)40(2,3)4)43-39(44-38(36)48-29-31-17-11-8-12-18-31)45-41(32-19-13-9-14-20-32,33-21-15-10-16-22-33)34-23-25-35(47-5)26-24-34/h8-26H,27-29H2,1-7H3,(H,43,44,45). The van der Waals surface area contributed by atoms with Crippen LogP contribution in [-0.2, 0) is 23.1 Å². The van der Waals surface area contributed by atoms with E-state index in [2.05, 4.69) is 104 Å². The van der Waals surface area contributed by atoms with E-state index in [1.54, 1.807) is 7.11 Å². The van der Waals surface area contributed by atoms with E-state index in [4.69, 9.17) is 28.9 Å². The Morgan fingerprint density at radius 1 is 0.720 bits per heavy atom. The number of hydrogen-bond donors (Lipinski definition) is 1. The Morgan fingerprint density at radius 3 is 1.84 bits per heavy atom. The molecule has 0 saturated heterocycles. The summed E-state index contributed by atoms with van der Waals surface area (Å²) in [6, 6.07) is 39.0. The van der Waals surface area contributed by atoms with Crippen LogP contribution in [0, 0.1) is 6.92 Å². The highest BCUT2D eigenvalue weighted by molar-refractivity contribution is 6.74. The summed E-state index contributed by atoms with van der Waals surface area (Å²) in [5.41, 5.74) is 4.52. The lowest BCUT2D eigenvalue weighted by molar-refractivity contribution is 0.272. The molecule has 0 bridgehead atoms. The van der Waals surface area contributed by atoms with Crippen molar-refractivity contribution in [1.29, 1.82) is 0 Å². The predicted octanol–water partition coefficient (Wildman–Crippen LogP) is 9.15. The molecule has 4 aromatic carbocycles. The third-order valence-corrected chi connectivity index (χ3v) is 14.3. The van der Waals surface area contributed by atoms with Crippen LogP contribution in [0.1, 0.15) is 48.8 Å². The first kappa shape index (κ1) is 34.9. The van der Waals surface area contributed by atoms with Gasteiger partial charge in [0.25, 0.3) is 0 Å². The fourth-order valence-corrected chi connectivity index (χ4v) is 6.98. The first-order valence-corrected chi connectivity index (χ1v) is 20.0. The first-order chi connectivity index (χ1) is 24.0. The van der Waals surface area contributed by atoms with Crippen LogP contribution in [0.25, 0.3) is 11.2 Å². The van der Waals surface area contributed by atoms with Crippen molar-refractivity contribution in [3.63, 3.8) is 0 Å². The summed E-state index contributed by atoms with van der Waals surface area (Å²) in [4.78, 5) is 15.2. The van der Waals surface area contributed by atoms with Crippen molar-refractivity contribution in [3.05, 3.63) is 143 Å². The van der Waals surface area contributed by atoms with E-state index in [-0.39, 0.29) is 5.04 Å². The second-order valence-electron chi connectivity index (χ2n) is 14.1. The molecule has 258 valence electrons. The van der Waals surface area contributed by atoms with Crippen molar-refractivity contribution >= 4 is 25.4 Å². The van der Waals surface area contributed by atoms with Crippen LogP contribution in [-0.4, -0.2) is 41.6 Å². The van der Waals surface area contributed by atoms with Gasteiger partial charge in [-0.2, -0.15) is 9.97 Å². The minimum atomic E-state index is -1.96. The average molecular weight is 686 g/mol. The van der Waals surface area contributed by atoms with E-state index in [1.807, 2.05) is 61.5 Å². The van der Waals surface area contributed by atoms with E-state index in [0.717, 1.165) is 33.8 Å². The van der Waals surface area contributed by atoms with Crippen LogP contribution >= 0.6 is 0 Å². The molecule has 0 aliphatic heterocycles. The van der Waals surface area contributed by atoms with Gasteiger partial charge < -0.3 is 23.8 Å². The summed E-state index contributed by atoms with van der Waals surface area (Å²) >= 11 is 0. The smallest absolute Gasteiger partial charge is 0.247 e. The van der Waals surface area contributed by atoms with Gasteiger partial charge in [-0.25, -0.2) is 4.98 Å². The number of benzene rings is 4. The minimum Gasteiger partial charge on any atom is -0.497 e. The number of aryl methyl sites for hydroxylation is 1. The number of fused-ring (bicyclic) bond motifs is 1. The Morgan fingerprint density at radius 2 is 1.28 bits per heavy atom. The Kier molecular flexibility index (Phi) is 10.1. The van der Waals surface area contributed by atoms with Crippen molar-refractivity contribution in [2.45, 2.75) is 64.5 Å². The van der Waals surface area contributed by atoms with E-state index < -0.39 is 13.9 Å². The number of ether oxygens (including phenoxy) is 2.